The monoisotopic (exact) mass is 528 g/mol. The first-order valence-corrected chi connectivity index (χ1v) is 11.8. The Morgan fingerprint density at radius 2 is 1.57 bits per heavy atom. The van der Waals surface area contributed by atoms with Crippen molar-refractivity contribution in [3.8, 4) is 17.1 Å². The van der Waals surface area contributed by atoms with Gasteiger partial charge >= 0.3 is 0 Å². The summed E-state index contributed by atoms with van der Waals surface area (Å²) in [6, 6.07) is 22.1. The predicted molar refractivity (Wildman–Crippen MR) is 136 cm³/mol. The van der Waals surface area contributed by atoms with Crippen LogP contribution in [0.3, 0.4) is 0 Å². The van der Waals surface area contributed by atoms with Crippen LogP contribution in [0.2, 0.25) is 15.1 Å². The molecule has 176 valence electrons. The van der Waals surface area contributed by atoms with E-state index in [4.69, 9.17) is 39.5 Å². The highest BCUT2D eigenvalue weighted by molar-refractivity contribution is 6.31. The quantitative estimate of drug-likeness (QED) is 0.220. The number of halogens is 5. The van der Waals surface area contributed by atoms with Crippen molar-refractivity contribution in [2.75, 3.05) is 0 Å². The van der Waals surface area contributed by atoms with Crippen molar-refractivity contribution in [2.24, 2.45) is 0 Å². The van der Waals surface area contributed by atoms with E-state index in [0.29, 0.717) is 49.8 Å². The highest BCUT2D eigenvalue weighted by atomic mass is 35.5. The summed E-state index contributed by atoms with van der Waals surface area (Å²) in [6.45, 7) is 0.523. The van der Waals surface area contributed by atoms with Crippen molar-refractivity contribution < 1.29 is 13.5 Å². The predicted octanol–water partition coefficient (Wildman–Crippen LogP) is 8.57. The third kappa shape index (κ3) is 4.98. The lowest BCUT2D eigenvalue weighted by atomic mass is 10.1. The van der Waals surface area contributed by atoms with Crippen LogP contribution in [-0.4, -0.2) is 9.55 Å². The number of fused-ring (bicyclic) bond motifs is 1. The summed E-state index contributed by atoms with van der Waals surface area (Å²) >= 11 is 18.7. The maximum Gasteiger partial charge on any atom is 0.161 e. The van der Waals surface area contributed by atoms with Gasteiger partial charge in [-0.25, -0.2) is 13.8 Å². The first-order valence-electron chi connectivity index (χ1n) is 10.6. The van der Waals surface area contributed by atoms with Crippen molar-refractivity contribution >= 4 is 45.8 Å². The van der Waals surface area contributed by atoms with E-state index in [1.807, 2.05) is 36.4 Å². The average Bonchev–Trinajstić information content (AvgIpc) is 3.15. The molecule has 0 saturated carbocycles. The number of imidazole rings is 1. The Morgan fingerprint density at radius 3 is 2.37 bits per heavy atom. The van der Waals surface area contributed by atoms with Gasteiger partial charge in [0.25, 0.3) is 0 Å². The average molecular weight is 530 g/mol. The number of aromatic nitrogens is 2. The molecule has 0 aliphatic carbocycles. The molecule has 5 rings (SSSR count). The molecule has 0 unspecified atom stereocenters. The molecule has 1 heterocycles. The molecule has 5 aromatic rings. The molecule has 0 radical (unpaired) electrons. The fraction of sp³-hybridized carbons (Fsp3) is 0.0741. The molecule has 0 amide bonds. The van der Waals surface area contributed by atoms with Crippen molar-refractivity contribution in [1.82, 2.24) is 9.55 Å². The standard InChI is InChI=1S/C27H17Cl3F2N2O/c28-18-6-3-4-16(10-18)14-34-25-13-23(32)22(31)12-24(25)33-27(34)20-9-8-19(29)11-26(20)35-15-17-5-1-2-7-21(17)30/h1-13H,14-15H2. The van der Waals surface area contributed by atoms with Crippen LogP contribution in [0.25, 0.3) is 22.4 Å². The highest BCUT2D eigenvalue weighted by Gasteiger charge is 2.20. The lowest BCUT2D eigenvalue weighted by Gasteiger charge is -2.15. The molecule has 1 aromatic heterocycles. The summed E-state index contributed by atoms with van der Waals surface area (Å²) in [4.78, 5) is 4.64. The summed E-state index contributed by atoms with van der Waals surface area (Å²) < 4.78 is 36.2. The Hall–Kier alpha value is -3.12. The van der Waals surface area contributed by atoms with Crippen LogP contribution < -0.4 is 4.74 Å². The first kappa shape index (κ1) is 23.6. The van der Waals surface area contributed by atoms with E-state index >= 15 is 0 Å². The van der Waals surface area contributed by atoms with Gasteiger partial charge in [-0.1, -0.05) is 65.1 Å². The SMILES string of the molecule is Fc1cc2nc(-c3ccc(Cl)cc3OCc3ccccc3Cl)n(Cc3cccc(Cl)c3)c2cc1F. The Labute approximate surface area is 215 Å². The first-order chi connectivity index (χ1) is 16.9. The van der Waals surface area contributed by atoms with Crippen molar-refractivity contribution in [1.29, 1.82) is 0 Å². The minimum absolute atomic E-state index is 0.199. The fourth-order valence-electron chi connectivity index (χ4n) is 3.87. The fourth-order valence-corrected chi connectivity index (χ4v) is 4.44. The second-order valence-electron chi connectivity index (χ2n) is 7.93. The van der Waals surface area contributed by atoms with Crippen molar-refractivity contribution in [3.63, 3.8) is 0 Å². The minimum atomic E-state index is -0.970. The van der Waals surface area contributed by atoms with Crippen LogP contribution in [0, 0.1) is 11.6 Å². The summed E-state index contributed by atoms with van der Waals surface area (Å²) in [7, 11) is 0. The van der Waals surface area contributed by atoms with Gasteiger partial charge < -0.3 is 9.30 Å². The molecule has 0 aliphatic rings. The van der Waals surface area contributed by atoms with Crippen LogP contribution in [0.1, 0.15) is 11.1 Å². The van der Waals surface area contributed by atoms with Gasteiger partial charge in [-0.2, -0.15) is 0 Å². The molecule has 3 nitrogen and oxygen atoms in total. The zero-order valence-electron chi connectivity index (χ0n) is 18.1. The summed E-state index contributed by atoms with van der Waals surface area (Å²) in [6.07, 6.45) is 0. The Kier molecular flexibility index (Phi) is 6.65. The molecule has 0 fully saturated rings. The molecule has 0 spiro atoms. The minimum Gasteiger partial charge on any atom is -0.488 e. The van der Waals surface area contributed by atoms with E-state index < -0.39 is 11.6 Å². The van der Waals surface area contributed by atoms with Crippen molar-refractivity contribution in [3.05, 3.63) is 117 Å². The van der Waals surface area contributed by atoms with Gasteiger partial charge in [0.15, 0.2) is 11.6 Å². The van der Waals surface area contributed by atoms with E-state index in [-0.39, 0.29) is 6.61 Å². The van der Waals surface area contributed by atoms with Crippen LogP contribution in [0.4, 0.5) is 8.78 Å². The van der Waals surface area contributed by atoms with Gasteiger partial charge in [-0.05, 0) is 42.0 Å². The van der Waals surface area contributed by atoms with E-state index in [1.54, 1.807) is 34.9 Å². The topological polar surface area (TPSA) is 27.1 Å². The largest absolute Gasteiger partial charge is 0.488 e. The smallest absolute Gasteiger partial charge is 0.161 e. The van der Waals surface area contributed by atoms with E-state index in [2.05, 4.69) is 4.98 Å². The van der Waals surface area contributed by atoms with Crippen LogP contribution in [0.15, 0.2) is 78.9 Å². The molecule has 0 saturated heterocycles. The number of hydrogen-bond acceptors (Lipinski definition) is 2. The molecule has 0 aliphatic heterocycles. The third-order valence-electron chi connectivity index (χ3n) is 5.55. The lowest BCUT2D eigenvalue weighted by Crippen LogP contribution is -2.04. The Balaban J connectivity index is 1.64. The normalized spacial score (nSPS) is 11.2. The summed E-state index contributed by atoms with van der Waals surface area (Å²) in [5.74, 6) is -0.998. The van der Waals surface area contributed by atoms with E-state index in [9.17, 15) is 8.78 Å². The van der Waals surface area contributed by atoms with Crippen LogP contribution in [-0.2, 0) is 13.2 Å². The number of nitrogens with zero attached hydrogens (tertiary/aromatic N) is 2. The second kappa shape index (κ2) is 9.86. The molecule has 4 aromatic carbocycles. The summed E-state index contributed by atoms with van der Waals surface area (Å²) in [5, 5.41) is 1.62. The van der Waals surface area contributed by atoms with E-state index in [1.165, 1.54) is 0 Å². The van der Waals surface area contributed by atoms with Crippen LogP contribution in [0.5, 0.6) is 5.75 Å². The van der Waals surface area contributed by atoms with E-state index in [0.717, 1.165) is 23.3 Å². The lowest BCUT2D eigenvalue weighted by molar-refractivity contribution is 0.307. The zero-order valence-corrected chi connectivity index (χ0v) is 20.4. The molecular formula is C27H17Cl3F2N2O. The molecule has 0 N–H and O–H groups in total. The number of ether oxygens (including phenoxy) is 1. The van der Waals surface area contributed by atoms with Crippen molar-refractivity contribution in [2.45, 2.75) is 13.2 Å². The Morgan fingerprint density at radius 1 is 0.800 bits per heavy atom. The second-order valence-corrected chi connectivity index (χ2v) is 9.21. The summed E-state index contributed by atoms with van der Waals surface area (Å²) in [5.41, 5.74) is 3.03. The molecule has 0 atom stereocenters. The van der Waals surface area contributed by atoms with Gasteiger partial charge in [-0.15, -0.1) is 0 Å². The molecule has 35 heavy (non-hydrogen) atoms. The van der Waals surface area contributed by atoms with Gasteiger partial charge in [0.2, 0.25) is 0 Å². The third-order valence-corrected chi connectivity index (χ3v) is 6.38. The maximum atomic E-state index is 14.2. The van der Waals surface area contributed by atoms with Gasteiger partial charge in [-0.3, -0.25) is 0 Å². The van der Waals surface area contributed by atoms with Gasteiger partial charge in [0.1, 0.15) is 18.2 Å². The number of hydrogen-bond donors (Lipinski definition) is 0. The highest BCUT2D eigenvalue weighted by Crippen LogP contribution is 2.36. The molecule has 0 bridgehead atoms. The Bertz CT molecular complexity index is 1550. The molecule has 8 heteroatoms. The van der Waals surface area contributed by atoms with Gasteiger partial charge in [0, 0.05) is 39.3 Å². The maximum absolute atomic E-state index is 14.2. The van der Waals surface area contributed by atoms with Crippen LogP contribution >= 0.6 is 34.8 Å². The molecular weight excluding hydrogens is 513 g/mol. The number of benzene rings is 4. The zero-order chi connectivity index (χ0) is 24.5. The number of rotatable bonds is 6. The van der Waals surface area contributed by atoms with Gasteiger partial charge in [0.05, 0.1) is 16.6 Å².